The second-order valence-corrected chi connectivity index (χ2v) is 8.97. The Morgan fingerprint density at radius 2 is 1.51 bits per heavy atom. The number of imidazole rings is 1. The van der Waals surface area contributed by atoms with Gasteiger partial charge in [0.25, 0.3) is 0 Å². The van der Waals surface area contributed by atoms with E-state index in [-0.39, 0.29) is 24.4 Å². The molecule has 0 bridgehead atoms. The van der Waals surface area contributed by atoms with Gasteiger partial charge in [-0.15, -0.1) is 0 Å². The van der Waals surface area contributed by atoms with E-state index in [1.807, 2.05) is 108 Å². The first-order chi connectivity index (χ1) is 17.0. The zero-order valence-corrected chi connectivity index (χ0v) is 20.4. The van der Waals surface area contributed by atoms with Crippen LogP contribution in [0.5, 0.6) is 0 Å². The van der Waals surface area contributed by atoms with E-state index in [1.54, 1.807) is 0 Å². The first-order valence-corrected chi connectivity index (χ1v) is 12.1. The van der Waals surface area contributed by atoms with E-state index < -0.39 is 0 Å². The van der Waals surface area contributed by atoms with Crippen LogP contribution < -0.4 is 5.32 Å². The Morgan fingerprint density at radius 3 is 2.20 bits per heavy atom. The lowest BCUT2D eigenvalue weighted by atomic mass is 10.1. The van der Waals surface area contributed by atoms with Gasteiger partial charge in [0.15, 0.2) is 0 Å². The van der Waals surface area contributed by atoms with Crippen molar-refractivity contribution in [1.29, 1.82) is 0 Å². The van der Waals surface area contributed by atoms with Crippen LogP contribution in [0.4, 0.5) is 0 Å². The van der Waals surface area contributed by atoms with Crippen molar-refractivity contribution in [3.8, 4) is 0 Å². The lowest BCUT2D eigenvalue weighted by Gasteiger charge is -2.27. The zero-order valence-electron chi connectivity index (χ0n) is 20.4. The molecule has 0 fully saturated rings. The zero-order chi connectivity index (χ0) is 24.6. The fourth-order valence-corrected chi connectivity index (χ4v) is 4.22. The fourth-order valence-electron chi connectivity index (χ4n) is 4.22. The third-order valence-electron chi connectivity index (χ3n) is 6.04. The highest BCUT2D eigenvalue weighted by atomic mass is 16.2. The monoisotopic (exact) mass is 468 g/mol. The van der Waals surface area contributed by atoms with E-state index >= 15 is 0 Å². The summed E-state index contributed by atoms with van der Waals surface area (Å²) in [5.41, 5.74) is 3.86. The van der Waals surface area contributed by atoms with Crippen molar-refractivity contribution in [2.45, 2.75) is 45.8 Å². The summed E-state index contributed by atoms with van der Waals surface area (Å²) < 4.78 is 1.99. The molecule has 6 nitrogen and oxygen atoms in total. The lowest BCUT2D eigenvalue weighted by Crippen LogP contribution is -2.39. The maximum Gasteiger partial charge on any atom is 0.243 e. The summed E-state index contributed by atoms with van der Waals surface area (Å²) in [4.78, 5) is 32.5. The molecule has 180 valence electrons. The summed E-state index contributed by atoms with van der Waals surface area (Å²) in [6.07, 6.45) is 0.890. The van der Waals surface area contributed by atoms with Gasteiger partial charge in [-0.05, 0) is 37.1 Å². The van der Waals surface area contributed by atoms with Gasteiger partial charge in [-0.25, -0.2) is 4.98 Å². The molecule has 0 radical (unpaired) electrons. The molecular weight excluding hydrogens is 436 g/mol. The van der Waals surface area contributed by atoms with Gasteiger partial charge in [0, 0.05) is 25.6 Å². The average Bonchev–Trinajstić information content (AvgIpc) is 3.20. The van der Waals surface area contributed by atoms with E-state index in [4.69, 9.17) is 4.98 Å². The van der Waals surface area contributed by atoms with Gasteiger partial charge in [-0.1, -0.05) is 72.8 Å². The lowest BCUT2D eigenvalue weighted by molar-refractivity contribution is -0.134. The topological polar surface area (TPSA) is 67.2 Å². The van der Waals surface area contributed by atoms with Crippen LogP contribution in [0.15, 0.2) is 84.9 Å². The quantitative estimate of drug-likeness (QED) is 0.376. The smallest absolute Gasteiger partial charge is 0.243 e. The largest absolute Gasteiger partial charge is 0.355 e. The summed E-state index contributed by atoms with van der Waals surface area (Å²) in [7, 11) is 0. The number of aromatic nitrogens is 2. The van der Waals surface area contributed by atoms with E-state index in [1.165, 1.54) is 0 Å². The van der Waals surface area contributed by atoms with Crippen molar-refractivity contribution in [3.05, 3.63) is 102 Å². The minimum absolute atomic E-state index is 0.0243. The van der Waals surface area contributed by atoms with Gasteiger partial charge in [0.2, 0.25) is 11.8 Å². The number of hydrogen-bond acceptors (Lipinski definition) is 3. The minimum atomic E-state index is -0.0243. The van der Waals surface area contributed by atoms with Crippen molar-refractivity contribution in [3.63, 3.8) is 0 Å². The summed E-state index contributed by atoms with van der Waals surface area (Å²) in [5.74, 6) is 0.813. The summed E-state index contributed by atoms with van der Waals surface area (Å²) in [6.45, 7) is 5.31. The highest BCUT2D eigenvalue weighted by Gasteiger charge is 2.21. The van der Waals surface area contributed by atoms with Crippen LogP contribution in [0.1, 0.15) is 30.8 Å². The molecule has 4 rings (SSSR count). The molecule has 1 N–H and O–H groups in total. The molecule has 0 aliphatic rings. The van der Waals surface area contributed by atoms with Crippen LogP contribution in [-0.4, -0.2) is 38.9 Å². The van der Waals surface area contributed by atoms with Crippen molar-refractivity contribution < 1.29 is 9.59 Å². The molecule has 0 spiro atoms. The van der Waals surface area contributed by atoms with Crippen molar-refractivity contribution >= 4 is 22.8 Å². The Bertz CT molecular complexity index is 1270. The second-order valence-electron chi connectivity index (χ2n) is 8.97. The fraction of sp³-hybridized carbons (Fsp3) is 0.276. The summed E-state index contributed by atoms with van der Waals surface area (Å²) >= 11 is 0. The number of carbonyl (C=O) groups excluding carboxylic acids is 2. The Labute approximate surface area is 206 Å². The first-order valence-electron chi connectivity index (χ1n) is 12.1. The van der Waals surface area contributed by atoms with Crippen molar-refractivity contribution in [2.75, 3.05) is 6.54 Å². The molecule has 0 aliphatic heterocycles. The predicted octanol–water partition coefficient (Wildman–Crippen LogP) is 4.37. The standard InChI is InChI=1S/C29H32N4O2/c1-22(2)32(20-24-13-7-4-8-14-24)29(35)21-33-26-16-10-9-15-25(26)31-27(33)17-18-30-28(34)19-23-11-5-3-6-12-23/h3-16,22H,17-21H2,1-2H3,(H,30,34). The van der Waals surface area contributed by atoms with Gasteiger partial charge in [0.1, 0.15) is 12.4 Å². The molecule has 0 atom stereocenters. The molecule has 2 amide bonds. The van der Waals surface area contributed by atoms with Crippen LogP contribution in [-0.2, 0) is 35.5 Å². The third-order valence-corrected chi connectivity index (χ3v) is 6.04. The van der Waals surface area contributed by atoms with Gasteiger partial charge in [-0.2, -0.15) is 0 Å². The van der Waals surface area contributed by atoms with Gasteiger partial charge in [-0.3, -0.25) is 9.59 Å². The Kier molecular flexibility index (Phi) is 7.93. The van der Waals surface area contributed by atoms with Crippen LogP contribution in [0.3, 0.4) is 0 Å². The molecule has 6 heteroatoms. The number of para-hydroxylation sites is 2. The molecule has 4 aromatic rings. The van der Waals surface area contributed by atoms with E-state index in [0.717, 1.165) is 28.0 Å². The Morgan fingerprint density at radius 1 is 0.886 bits per heavy atom. The molecule has 35 heavy (non-hydrogen) atoms. The number of hydrogen-bond donors (Lipinski definition) is 1. The van der Waals surface area contributed by atoms with Crippen LogP contribution in [0.2, 0.25) is 0 Å². The van der Waals surface area contributed by atoms with Gasteiger partial charge in [0.05, 0.1) is 17.5 Å². The third kappa shape index (κ3) is 6.35. The van der Waals surface area contributed by atoms with E-state index in [0.29, 0.717) is 25.9 Å². The molecule has 0 unspecified atom stereocenters. The average molecular weight is 469 g/mol. The van der Waals surface area contributed by atoms with Crippen molar-refractivity contribution in [2.24, 2.45) is 0 Å². The van der Waals surface area contributed by atoms with Gasteiger partial charge >= 0.3 is 0 Å². The molecule has 3 aromatic carbocycles. The number of carbonyl (C=O) groups is 2. The molecule has 0 saturated carbocycles. The Balaban J connectivity index is 1.46. The number of nitrogens with one attached hydrogen (secondary N) is 1. The van der Waals surface area contributed by atoms with Crippen LogP contribution >= 0.6 is 0 Å². The highest BCUT2D eigenvalue weighted by Crippen LogP contribution is 2.18. The number of fused-ring (bicyclic) bond motifs is 1. The first kappa shape index (κ1) is 24.2. The normalized spacial score (nSPS) is 11.1. The summed E-state index contributed by atoms with van der Waals surface area (Å²) in [5, 5.41) is 2.99. The van der Waals surface area contributed by atoms with Crippen LogP contribution in [0.25, 0.3) is 11.0 Å². The number of nitrogens with zero attached hydrogens (tertiary/aromatic N) is 3. The van der Waals surface area contributed by atoms with Crippen LogP contribution in [0, 0.1) is 0 Å². The SMILES string of the molecule is CC(C)N(Cc1ccccc1)C(=O)Cn1c(CCNC(=O)Cc2ccccc2)nc2ccccc21. The van der Waals surface area contributed by atoms with Crippen molar-refractivity contribution in [1.82, 2.24) is 19.8 Å². The maximum absolute atomic E-state index is 13.4. The highest BCUT2D eigenvalue weighted by molar-refractivity contribution is 5.81. The number of rotatable bonds is 10. The molecule has 0 aliphatic carbocycles. The minimum Gasteiger partial charge on any atom is -0.355 e. The maximum atomic E-state index is 13.4. The number of benzene rings is 3. The van der Waals surface area contributed by atoms with Gasteiger partial charge < -0.3 is 14.8 Å². The number of amides is 2. The second kappa shape index (κ2) is 11.5. The predicted molar refractivity (Wildman–Crippen MR) is 139 cm³/mol. The van der Waals surface area contributed by atoms with E-state index in [9.17, 15) is 9.59 Å². The Hall–Kier alpha value is -3.93. The molecule has 0 saturated heterocycles. The summed E-state index contributed by atoms with van der Waals surface area (Å²) in [6, 6.07) is 27.7. The molecule has 1 aromatic heterocycles. The molecule has 1 heterocycles. The molecular formula is C29H32N4O2. The van der Waals surface area contributed by atoms with E-state index in [2.05, 4.69) is 5.32 Å².